The van der Waals surface area contributed by atoms with Gasteiger partial charge in [-0.2, -0.15) is 17.5 Å². The molecular weight excluding hydrogens is 460 g/mol. The van der Waals surface area contributed by atoms with Crippen LogP contribution in [0.3, 0.4) is 0 Å². The summed E-state index contributed by atoms with van der Waals surface area (Å²) in [6.07, 6.45) is -4.41. The first-order chi connectivity index (χ1) is 14.6. The van der Waals surface area contributed by atoms with E-state index < -0.39 is 39.2 Å². The lowest BCUT2D eigenvalue weighted by atomic mass is 10.2. The Morgan fingerprint density at radius 3 is 2.48 bits per heavy atom. The van der Waals surface area contributed by atoms with E-state index in [1.54, 1.807) is 0 Å². The monoisotopic (exact) mass is 478 g/mol. The highest BCUT2D eigenvalue weighted by Gasteiger charge is 2.29. The summed E-state index contributed by atoms with van der Waals surface area (Å²) >= 11 is 0.474. The normalized spacial score (nSPS) is 15.6. The third-order valence-electron chi connectivity index (χ3n) is 4.32. The van der Waals surface area contributed by atoms with Crippen molar-refractivity contribution in [1.29, 1.82) is 0 Å². The minimum absolute atomic E-state index is 0.0580. The highest BCUT2D eigenvalue weighted by Crippen LogP contribution is 2.32. The predicted molar refractivity (Wildman–Crippen MR) is 107 cm³/mol. The number of nitrogens with zero attached hydrogens (tertiary/aromatic N) is 1. The van der Waals surface area contributed by atoms with Crippen LogP contribution in [0.25, 0.3) is 0 Å². The van der Waals surface area contributed by atoms with Crippen molar-refractivity contribution in [2.24, 2.45) is 0 Å². The van der Waals surface area contributed by atoms with Crippen molar-refractivity contribution in [3.63, 3.8) is 0 Å². The molecule has 0 aromatic heterocycles. The molecule has 2 aromatic rings. The highest BCUT2D eigenvalue weighted by molar-refractivity contribution is 7.99. The van der Waals surface area contributed by atoms with Crippen molar-refractivity contribution in [3.05, 3.63) is 53.8 Å². The second-order valence-corrected chi connectivity index (χ2v) is 9.47. The molecule has 1 aliphatic heterocycles. The van der Waals surface area contributed by atoms with Crippen LogP contribution >= 0.6 is 11.8 Å². The number of carbonyl (C=O) groups is 1. The molecular formula is C19H18F4N2O4S2. The number of hydrogen-bond donors (Lipinski definition) is 1. The van der Waals surface area contributed by atoms with E-state index >= 15 is 0 Å². The number of benzene rings is 2. The molecule has 0 bridgehead atoms. The lowest BCUT2D eigenvalue weighted by Gasteiger charge is -2.26. The maximum Gasteiger partial charge on any atom is 0.398 e. The zero-order valence-electron chi connectivity index (χ0n) is 16.0. The molecule has 31 heavy (non-hydrogen) atoms. The van der Waals surface area contributed by atoms with Gasteiger partial charge in [-0.15, -0.1) is 11.8 Å². The molecule has 0 atom stereocenters. The Morgan fingerprint density at radius 1 is 1.13 bits per heavy atom. The topological polar surface area (TPSA) is 75.7 Å². The zero-order valence-corrected chi connectivity index (χ0v) is 17.6. The largest absolute Gasteiger partial charge is 0.398 e. The van der Waals surface area contributed by atoms with E-state index in [2.05, 4.69) is 5.32 Å². The second-order valence-electron chi connectivity index (χ2n) is 6.51. The summed E-state index contributed by atoms with van der Waals surface area (Å²) in [5.74, 6) is -3.10. The first-order valence-electron chi connectivity index (χ1n) is 9.05. The molecule has 6 nitrogen and oxygen atoms in total. The molecule has 2 aromatic carbocycles. The Bertz CT molecular complexity index is 1060. The number of rotatable bonds is 6. The molecule has 3 rings (SSSR count). The Balaban J connectivity index is 1.84. The summed E-state index contributed by atoms with van der Waals surface area (Å²) < 4.78 is 83.8. The number of para-hydroxylation sites is 1. The number of hydrogen-bond acceptors (Lipinski definition) is 5. The van der Waals surface area contributed by atoms with E-state index in [4.69, 9.17) is 4.74 Å². The van der Waals surface area contributed by atoms with E-state index in [0.29, 0.717) is 11.8 Å². The zero-order chi connectivity index (χ0) is 22.6. The summed E-state index contributed by atoms with van der Waals surface area (Å²) in [4.78, 5) is 12.5. The molecule has 0 spiro atoms. The fourth-order valence-corrected chi connectivity index (χ4v) is 5.02. The number of thioether (sulfide) groups is 1. The lowest BCUT2D eigenvalue weighted by Crippen LogP contribution is -2.40. The standard InChI is InChI=1S/C19H18F4N2O4S2/c20-15-6-5-13(31(27,28)25-7-9-29-10-8-25)11-14(15)18(26)24-16-3-1-2-4-17(16)30-12-19(21,22)23/h1-6,11H,7-10,12H2,(H,24,26). The van der Waals surface area contributed by atoms with Crippen LogP contribution in [0.5, 0.6) is 0 Å². The van der Waals surface area contributed by atoms with Crippen LogP contribution in [-0.2, 0) is 14.8 Å². The molecule has 1 aliphatic rings. The van der Waals surface area contributed by atoms with Gasteiger partial charge in [0.15, 0.2) is 0 Å². The first-order valence-corrected chi connectivity index (χ1v) is 11.5. The van der Waals surface area contributed by atoms with E-state index in [-0.39, 0.29) is 41.8 Å². The fourth-order valence-electron chi connectivity index (χ4n) is 2.82. The highest BCUT2D eigenvalue weighted by atomic mass is 32.2. The van der Waals surface area contributed by atoms with Crippen molar-refractivity contribution in [2.75, 3.05) is 37.4 Å². The summed E-state index contributed by atoms with van der Waals surface area (Å²) in [5, 5.41) is 2.37. The number of halogens is 4. The molecule has 0 aliphatic carbocycles. The van der Waals surface area contributed by atoms with Crippen LogP contribution in [-0.4, -0.2) is 56.9 Å². The van der Waals surface area contributed by atoms with Gasteiger partial charge in [-0.3, -0.25) is 4.79 Å². The molecule has 0 radical (unpaired) electrons. The van der Waals surface area contributed by atoms with E-state index in [1.165, 1.54) is 28.6 Å². The van der Waals surface area contributed by atoms with Crippen LogP contribution in [0, 0.1) is 5.82 Å². The number of alkyl halides is 3. The molecule has 0 unspecified atom stereocenters. The summed E-state index contributed by atoms with van der Waals surface area (Å²) in [7, 11) is -3.96. The Morgan fingerprint density at radius 2 is 1.81 bits per heavy atom. The molecule has 1 saturated heterocycles. The number of amides is 1. The molecule has 1 fully saturated rings. The number of anilines is 1. The van der Waals surface area contributed by atoms with Crippen LogP contribution in [0.4, 0.5) is 23.2 Å². The molecule has 0 saturated carbocycles. The van der Waals surface area contributed by atoms with Crippen LogP contribution in [0.2, 0.25) is 0 Å². The van der Waals surface area contributed by atoms with E-state index in [0.717, 1.165) is 18.2 Å². The predicted octanol–water partition coefficient (Wildman–Crippen LogP) is 3.75. The molecule has 168 valence electrons. The van der Waals surface area contributed by atoms with Crippen LogP contribution in [0.1, 0.15) is 10.4 Å². The quantitative estimate of drug-likeness (QED) is 0.506. The van der Waals surface area contributed by atoms with Gasteiger partial charge in [-0.05, 0) is 30.3 Å². The number of ether oxygens (including phenoxy) is 1. The number of sulfonamides is 1. The van der Waals surface area contributed by atoms with Crippen LogP contribution in [0.15, 0.2) is 52.3 Å². The molecule has 12 heteroatoms. The van der Waals surface area contributed by atoms with Gasteiger partial charge < -0.3 is 10.1 Å². The minimum Gasteiger partial charge on any atom is -0.379 e. The van der Waals surface area contributed by atoms with Gasteiger partial charge >= 0.3 is 6.18 Å². The average Bonchev–Trinajstić information content (AvgIpc) is 2.73. The van der Waals surface area contributed by atoms with Gasteiger partial charge in [0.05, 0.1) is 35.1 Å². The number of carbonyl (C=O) groups excluding carboxylic acids is 1. The number of nitrogens with one attached hydrogen (secondary N) is 1. The Labute approximate surface area is 180 Å². The Hall–Kier alpha value is -2.15. The first kappa shape index (κ1) is 23.5. The van der Waals surface area contributed by atoms with Crippen molar-refractivity contribution in [3.8, 4) is 0 Å². The molecule has 1 amide bonds. The van der Waals surface area contributed by atoms with Crippen molar-refractivity contribution in [1.82, 2.24) is 4.31 Å². The smallest absolute Gasteiger partial charge is 0.379 e. The van der Waals surface area contributed by atoms with Gasteiger partial charge in [0.25, 0.3) is 5.91 Å². The summed E-state index contributed by atoms with van der Waals surface area (Å²) in [6, 6.07) is 8.62. The summed E-state index contributed by atoms with van der Waals surface area (Å²) in [5.41, 5.74) is -0.479. The summed E-state index contributed by atoms with van der Waals surface area (Å²) in [6.45, 7) is 0.705. The third kappa shape index (κ3) is 5.97. The van der Waals surface area contributed by atoms with Gasteiger partial charge in [0, 0.05) is 18.0 Å². The second kappa shape index (κ2) is 9.55. The SMILES string of the molecule is O=C(Nc1ccccc1SCC(F)(F)F)c1cc(S(=O)(=O)N2CCOCC2)ccc1F. The Kier molecular flexibility index (Phi) is 7.24. The molecule has 1 heterocycles. The molecule has 1 N–H and O–H groups in total. The maximum atomic E-state index is 14.3. The van der Waals surface area contributed by atoms with Crippen molar-refractivity contribution >= 4 is 33.4 Å². The number of morpholine rings is 1. The van der Waals surface area contributed by atoms with Gasteiger partial charge in [0.1, 0.15) is 5.82 Å². The minimum atomic E-state index is -4.41. The average molecular weight is 478 g/mol. The lowest BCUT2D eigenvalue weighted by molar-refractivity contribution is -0.105. The third-order valence-corrected chi connectivity index (χ3v) is 7.35. The van der Waals surface area contributed by atoms with Crippen molar-refractivity contribution < 1.29 is 35.5 Å². The van der Waals surface area contributed by atoms with Gasteiger partial charge in [0.2, 0.25) is 10.0 Å². The van der Waals surface area contributed by atoms with Gasteiger partial charge in [-0.25, -0.2) is 12.8 Å². The fraction of sp³-hybridized carbons (Fsp3) is 0.316. The van der Waals surface area contributed by atoms with Crippen LogP contribution < -0.4 is 5.32 Å². The van der Waals surface area contributed by atoms with Gasteiger partial charge in [-0.1, -0.05) is 12.1 Å². The van der Waals surface area contributed by atoms with E-state index in [9.17, 15) is 30.8 Å². The van der Waals surface area contributed by atoms with E-state index in [1.807, 2.05) is 0 Å². The van der Waals surface area contributed by atoms with Crippen molar-refractivity contribution in [2.45, 2.75) is 16.0 Å². The maximum absolute atomic E-state index is 14.3.